The van der Waals surface area contributed by atoms with E-state index in [4.69, 9.17) is 0 Å². The van der Waals surface area contributed by atoms with Crippen LogP contribution in [0.2, 0.25) is 0 Å². The first kappa shape index (κ1) is 23.1. The highest BCUT2D eigenvalue weighted by molar-refractivity contribution is 7.89. The van der Waals surface area contributed by atoms with Gasteiger partial charge in [-0.05, 0) is 62.3 Å². The number of benzene rings is 2. The number of hydrogen-bond acceptors (Lipinski definition) is 5. The third kappa shape index (κ3) is 6.25. The maximum Gasteiger partial charge on any atom is 0.240 e. The number of hydrogen-bond donors (Lipinski definition) is 1. The molecule has 5 nitrogen and oxygen atoms in total. The Labute approximate surface area is 195 Å². The highest BCUT2D eigenvalue weighted by Gasteiger charge is 2.30. The van der Waals surface area contributed by atoms with Crippen LogP contribution in [0.25, 0.3) is 0 Å². The minimum atomic E-state index is -3.47. The number of rotatable bonds is 9. The van der Waals surface area contributed by atoms with Crippen molar-refractivity contribution < 1.29 is 8.42 Å². The van der Waals surface area contributed by atoms with Gasteiger partial charge in [0.25, 0.3) is 0 Å². The monoisotopic (exact) mass is 468 g/mol. The summed E-state index contributed by atoms with van der Waals surface area (Å²) < 4.78 is 27.9. The fourth-order valence-electron chi connectivity index (χ4n) is 4.27. The van der Waals surface area contributed by atoms with E-state index in [1.165, 1.54) is 10.4 Å². The molecule has 1 saturated heterocycles. The molecule has 7 heteroatoms. The lowest BCUT2D eigenvalue weighted by Crippen LogP contribution is -2.44. The van der Waals surface area contributed by atoms with Crippen molar-refractivity contribution in [1.82, 2.24) is 14.6 Å². The van der Waals surface area contributed by atoms with Crippen LogP contribution in [0.1, 0.15) is 22.4 Å². The van der Waals surface area contributed by atoms with Crippen molar-refractivity contribution >= 4 is 21.4 Å². The molecule has 32 heavy (non-hydrogen) atoms. The Hall–Kier alpha value is -2.06. The molecule has 1 fully saturated rings. The maximum absolute atomic E-state index is 12.6. The lowest BCUT2D eigenvalue weighted by molar-refractivity contribution is 0.191. The van der Waals surface area contributed by atoms with Crippen LogP contribution in [0.3, 0.4) is 0 Å². The van der Waals surface area contributed by atoms with Gasteiger partial charge in [0.2, 0.25) is 10.0 Å². The van der Waals surface area contributed by atoms with E-state index in [2.05, 4.69) is 44.9 Å². The van der Waals surface area contributed by atoms with E-state index in [1.807, 2.05) is 30.8 Å². The molecule has 1 aliphatic rings. The first-order valence-corrected chi connectivity index (χ1v) is 13.4. The van der Waals surface area contributed by atoms with E-state index in [9.17, 15) is 8.42 Å². The number of nitrogens with one attached hydrogen (secondary N) is 1. The van der Waals surface area contributed by atoms with E-state index in [0.29, 0.717) is 23.9 Å². The van der Waals surface area contributed by atoms with Crippen molar-refractivity contribution in [1.29, 1.82) is 0 Å². The van der Waals surface area contributed by atoms with Crippen LogP contribution < -0.4 is 4.72 Å². The summed E-state index contributed by atoms with van der Waals surface area (Å²) in [5.74, 6) is 2.04. The number of sulfonamides is 1. The Morgan fingerprint density at radius 2 is 1.91 bits per heavy atom. The second kappa shape index (κ2) is 10.7. The molecule has 1 aromatic heterocycles. The van der Waals surface area contributed by atoms with Gasteiger partial charge in [0, 0.05) is 30.7 Å². The summed E-state index contributed by atoms with van der Waals surface area (Å²) in [5, 5.41) is 0. The smallest absolute Gasteiger partial charge is 0.240 e. The fraction of sp³-hybridized carbons (Fsp3) is 0.360. The Morgan fingerprint density at radius 1 is 1.12 bits per heavy atom. The first-order valence-electron chi connectivity index (χ1n) is 11.0. The molecule has 0 spiro atoms. The number of piperidine rings is 1. The van der Waals surface area contributed by atoms with Crippen LogP contribution in [0.4, 0.5) is 0 Å². The van der Waals surface area contributed by atoms with Gasteiger partial charge >= 0.3 is 0 Å². The van der Waals surface area contributed by atoms with E-state index < -0.39 is 10.0 Å². The van der Waals surface area contributed by atoms with Crippen LogP contribution in [0, 0.1) is 18.8 Å². The molecule has 4 rings (SSSR count). The SMILES string of the molecule is Cc1ccc(S(=O)(=O)NCCN2CC[C](Cc3ccccc3)C(Cc3cncs3)C2)cc1. The quantitative estimate of drug-likeness (QED) is 0.513. The molecular weight excluding hydrogens is 438 g/mol. The minimum absolute atomic E-state index is 0.322. The minimum Gasteiger partial charge on any atom is -0.302 e. The lowest BCUT2D eigenvalue weighted by Gasteiger charge is -2.38. The van der Waals surface area contributed by atoms with E-state index >= 15 is 0 Å². The predicted octanol–water partition coefficient (Wildman–Crippen LogP) is 4.11. The van der Waals surface area contributed by atoms with Crippen molar-refractivity contribution in [3.63, 3.8) is 0 Å². The molecule has 2 aromatic carbocycles. The largest absolute Gasteiger partial charge is 0.302 e. The zero-order valence-corrected chi connectivity index (χ0v) is 20.0. The molecule has 0 saturated carbocycles. The summed E-state index contributed by atoms with van der Waals surface area (Å²) in [6.45, 7) is 4.99. The summed E-state index contributed by atoms with van der Waals surface area (Å²) in [4.78, 5) is 8.26. The van der Waals surface area contributed by atoms with E-state index in [0.717, 1.165) is 37.9 Å². The molecule has 2 heterocycles. The molecule has 1 unspecified atom stereocenters. The molecule has 1 N–H and O–H groups in total. The van der Waals surface area contributed by atoms with E-state index in [1.54, 1.807) is 29.4 Å². The highest BCUT2D eigenvalue weighted by Crippen LogP contribution is 2.32. The number of aromatic nitrogens is 1. The Kier molecular flexibility index (Phi) is 7.73. The Bertz CT molecular complexity index is 1070. The zero-order valence-electron chi connectivity index (χ0n) is 18.4. The number of likely N-dealkylation sites (tertiary alicyclic amines) is 1. The topological polar surface area (TPSA) is 62.3 Å². The van der Waals surface area contributed by atoms with Gasteiger partial charge in [-0.2, -0.15) is 0 Å². The number of thiazole rings is 1. The van der Waals surface area contributed by atoms with Crippen molar-refractivity contribution in [2.24, 2.45) is 5.92 Å². The molecule has 169 valence electrons. The van der Waals surface area contributed by atoms with Crippen molar-refractivity contribution in [2.75, 3.05) is 26.2 Å². The second-order valence-corrected chi connectivity index (χ2v) is 11.2. The first-order chi connectivity index (χ1) is 15.5. The lowest BCUT2D eigenvalue weighted by atomic mass is 9.79. The summed E-state index contributed by atoms with van der Waals surface area (Å²) in [5.41, 5.74) is 4.30. The van der Waals surface area contributed by atoms with Crippen LogP contribution in [0.5, 0.6) is 0 Å². The van der Waals surface area contributed by atoms with E-state index in [-0.39, 0.29) is 0 Å². The van der Waals surface area contributed by atoms with Gasteiger partial charge in [-0.15, -0.1) is 11.3 Å². The number of nitrogens with zero attached hydrogens (tertiary/aromatic N) is 2. The Morgan fingerprint density at radius 3 is 2.62 bits per heavy atom. The van der Waals surface area contributed by atoms with Gasteiger partial charge in [-0.1, -0.05) is 48.0 Å². The fourth-order valence-corrected chi connectivity index (χ4v) is 5.96. The van der Waals surface area contributed by atoms with Crippen molar-refractivity contribution in [2.45, 2.75) is 31.1 Å². The summed E-state index contributed by atoms with van der Waals surface area (Å²) >= 11 is 1.71. The van der Waals surface area contributed by atoms with Crippen LogP contribution in [-0.4, -0.2) is 44.5 Å². The molecule has 3 aromatic rings. The van der Waals surface area contributed by atoms with Gasteiger partial charge in [-0.3, -0.25) is 4.98 Å². The molecule has 1 aliphatic heterocycles. The normalized spacial score (nSPS) is 18.1. The third-order valence-electron chi connectivity index (χ3n) is 6.06. The average Bonchev–Trinajstić information content (AvgIpc) is 3.29. The summed E-state index contributed by atoms with van der Waals surface area (Å²) in [7, 11) is -3.47. The van der Waals surface area contributed by atoms with Crippen LogP contribution >= 0.6 is 11.3 Å². The average molecular weight is 469 g/mol. The zero-order chi connectivity index (χ0) is 22.4. The predicted molar refractivity (Wildman–Crippen MR) is 130 cm³/mol. The molecule has 0 bridgehead atoms. The molecule has 0 aliphatic carbocycles. The van der Waals surface area contributed by atoms with Crippen molar-refractivity contribution in [3.8, 4) is 0 Å². The standard InChI is InChI=1S/C25H30N3O2S2/c1-20-7-9-25(10-8-20)32(29,30)27-12-14-28-13-11-22(15-21-5-3-2-4-6-21)23(18-28)16-24-17-26-19-31-24/h2-10,17,19,23,27H,11-16,18H2,1H3. The van der Waals surface area contributed by atoms with Gasteiger partial charge in [0.05, 0.1) is 10.4 Å². The molecule has 1 atom stereocenters. The summed E-state index contributed by atoms with van der Waals surface area (Å²) in [6.07, 6.45) is 5.03. The van der Waals surface area contributed by atoms with Crippen molar-refractivity contribution in [3.05, 3.63) is 88.2 Å². The Balaban J connectivity index is 1.35. The maximum atomic E-state index is 12.6. The van der Waals surface area contributed by atoms with Gasteiger partial charge < -0.3 is 4.90 Å². The van der Waals surface area contributed by atoms with Gasteiger partial charge in [0.15, 0.2) is 0 Å². The highest BCUT2D eigenvalue weighted by atomic mass is 32.2. The summed E-state index contributed by atoms with van der Waals surface area (Å²) in [6, 6.07) is 17.6. The molecule has 1 radical (unpaired) electrons. The third-order valence-corrected chi connectivity index (χ3v) is 8.34. The second-order valence-electron chi connectivity index (χ2n) is 8.45. The van der Waals surface area contributed by atoms with Gasteiger partial charge in [0.1, 0.15) is 0 Å². The van der Waals surface area contributed by atoms with Crippen LogP contribution in [-0.2, 0) is 22.9 Å². The number of aryl methyl sites for hydroxylation is 1. The van der Waals surface area contributed by atoms with Gasteiger partial charge in [-0.25, -0.2) is 13.1 Å². The van der Waals surface area contributed by atoms with Crippen LogP contribution in [0.15, 0.2) is 71.2 Å². The molecular formula is C25H30N3O2S2. The molecule has 0 amide bonds.